The molecule has 0 aromatic heterocycles. The van der Waals surface area contributed by atoms with E-state index in [2.05, 4.69) is 17.2 Å². The molecule has 1 saturated heterocycles. The van der Waals surface area contributed by atoms with Gasteiger partial charge < -0.3 is 20.1 Å². The number of nitrogens with one attached hydrogen (secondary N) is 1. The molecule has 1 aliphatic rings. The number of nitrogens with zero attached hydrogens (tertiary/aromatic N) is 1. The van der Waals surface area contributed by atoms with Crippen molar-refractivity contribution in [2.75, 3.05) is 33.3 Å². The molecule has 5 heteroatoms. The van der Waals surface area contributed by atoms with E-state index in [0.29, 0.717) is 18.0 Å². The Labute approximate surface area is 179 Å². The van der Waals surface area contributed by atoms with Gasteiger partial charge in [0.25, 0.3) is 5.91 Å². The van der Waals surface area contributed by atoms with Crippen molar-refractivity contribution in [2.45, 2.75) is 25.9 Å². The van der Waals surface area contributed by atoms with E-state index in [9.17, 15) is 9.90 Å². The number of carbonyl (C=O) groups excluding carboxylic acids is 1. The van der Waals surface area contributed by atoms with Gasteiger partial charge in [0.2, 0.25) is 0 Å². The Morgan fingerprint density at radius 3 is 2.40 bits per heavy atom. The molecule has 1 heterocycles. The molecule has 30 heavy (non-hydrogen) atoms. The minimum atomic E-state index is -0.349. The van der Waals surface area contributed by atoms with Gasteiger partial charge in [0.05, 0.1) is 13.2 Å². The second-order valence-corrected chi connectivity index (χ2v) is 7.82. The number of ether oxygens (including phenoxy) is 1. The molecule has 0 spiro atoms. The third-order valence-corrected chi connectivity index (χ3v) is 5.25. The summed E-state index contributed by atoms with van der Waals surface area (Å²) in [5, 5.41) is 12.7. The van der Waals surface area contributed by atoms with Gasteiger partial charge in [-0.15, -0.1) is 0 Å². The van der Waals surface area contributed by atoms with Crippen molar-refractivity contribution in [1.29, 1.82) is 0 Å². The molecule has 2 unspecified atom stereocenters. The minimum Gasteiger partial charge on any atom is -0.497 e. The summed E-state index contributed by atoms with van der Waals surface area (Å²) in [7, 11) is 1.64. The first-order valence-corrected chi connectivity index (χ1v) is 10.5. The Morgan fingerprint density at radius 1 is 1.17 bits per heavy atom. The standard InChI is InChI=1S/C25H30N2O3/c1-19(28)16-26-17-22-4-3-15-27(18-22)25(29)23-11-7-20(8-12-23)5-6-21-9-13-24(30-2)14-10-21/h7-14,19,22,26,28H,3-4,15-18H2,1-2H3. The number of methoxy groups -OCH3 is 1. The number of carbonyl (C=O) groups is 1. The number of hydrogen-bond acceptors (Lipinski definition) is 4. The Hall–Kier alpha value is -2.81. The molecule has 1 fully saturated rings. The van der Waals surface area contributed by atoms with Gasteiger partial charge in [-0.1, -0.05) is 11.8 Å². The molecule has 0 saturated carbocycles. The Morgan fingerprint density at radius 2 is 1.80 bits per heavy atom. The van der Waals surface area contributed by atoms with Crippen molar-refractivity contribution in [1.82, 2.24) is 10.2 Å². The van der Waals surface area contributed by atoms with E-state index in [1.54, 1.807) is 14.0 Å². The number of aliphatic hydroxyl groups is 1. The van der Waals surface area contributed by atoms with E-state index in [-0.39, 0.29) is 12.0 Å². The lowest BCUT2D eigenvalue weighted by atomic mass is 9.97. The second kappa shape index (κ2) is 10.8. The summed E-state index contributed by atoms with van der Waals surface area (Å²) >= 11 is 0. The van der Waals surface area contributed by atoms with Gasteiger partial charge in [-0.25, -0.2) is 0 Å². The predicted molar refractivity (Wildman–Crippen MR) is 119 cm³/mol. The average Bonchev–Trinajstić information content (AvgIpc) is 2.78. The molecule has 0 radical (unpaired) electrons. The highest BCUT2D eigenvalue weighted by Crippen LogP contribution is 2.18. The first-order chi connectivity index (χ1) is 14.5. The van der Waals surface area contributed by atoms with Crippen LogP contribution >= 0.6 is 0 Å². The van der Waals surface area contributed by atoms with Crippen molar-refractivity contribution < 1.29 is 14.6 Å². The van der Waals surface area contributed by atoms with Crippen molar-refractivity contribution >= 4 is 5.91 Å². The van der Waals surface area contributed by atoms with Crippen LogP contribution in [-0.2, 0) is 0 Å². The van der Waals surface area contributed by atoms with Gasteiger partial charge >= 0.3 is 0 Å². The van der Waals surface area contributed by atoms with Crippen LogP contribution in [0.15, 0.2) is 48.5 Å². The third kappa shape index (κ3) is 6.35. The summed E-state index contributed by atoms with van der Waals surface area (Å²) < 4.78 is 5.16. The van der Waals surface area contributed by atoms with Crippen LogP contribution in [0.5, 0.6) is 5.75 Å². The first-order valence-electron chi connectivity index (χ1n) is 10.5. The van der Waals surface area contributed by atoms with Crippen molar-refractivity contribution in [2.24, 2.45) is 5.92 Å². The molecule has 3 rings (SSSR count). The maximum atomic E-state index is 12.9. The van der Waals surface area contributed by atoms with Crippen LogP contribution < -0.4 is 10.1 Å². The van der Waals surface area contributed by atoms with E-state index >= 15 is 0 Å². The summed E-state index contributed by atoms with van der Waals surface area (Å²) in [5.41, 5.74) is 2.49. The Kier molecular flexibility index (Phi) is 7.89. The van der Waals surface area contributed by atoms with Crippen LogP contribution in [-0.4, -0.2) is 55.3 Å². The second-order valence-electron chi connectivity index (χ2n) is 7.82. The Bertz CT molecular complexity index is 879. The summed E-state index contributed by atoms with van der Waals surface area (Å²) in [6.07, 6.45) is 1.77. The van der Waals surface area contributed by atoms with Crippen LogP contribution in [0.1, 0.15) is 41.3 Å². The minimum absolute atomic E-state index is 0.0740. The normalized spacial score (nSPS) is 17.0. The van der Waals surface area contributed by atoms with Crippen molar-refractivity contribution in [3.63, 3.8) is 0 Å². The van der Waals surface area contributed by atoms with E-state index < -0.39 is 0 Å². The zero-order valence-corrected chi connectivity index (χ0v) is 17.7. The molecule has 1 aliphatic heterocycles. The van der Waals surface area contributed by atoms with Crippen LogP contribution in [0.2, 0.25) is 0 Å². The summed E-state index contributed by atoms with van der Waals surface area (Å²) in [5.74, 6) is 7.58. The number of hydrogen-bond donors (Lipinski definition) is 2. The van der Waals surface area contributed by atoms with Gasteiger partial charge in [0, 0.05) is 36.3 Å². The monoisotopic (exact) mass is 406 g/mol. The topological polar surface area (TPSA) is 61.8 Å². The highest BCUT2D eigenvalue weighted by molar-refractivity contribution is 5.94. The lowest BCUT2D eigenvalue weighted by Gasteiger charge is -2.33. The highest BCUT2D eigenvalue weighted by Gasteiger charge is 2.24. The molecular formula is C25H30N2O3. The average molecular weight is 407 g/mol. The number of amides is 1. The van der Waals surface area contributed by atoms with Gasteiger partial charge in [0.1, 0.15) is 5.75 Å². The molecule has 0 aliphatic carbocycles. The molecule has 2 N–H and O–H groups in total. The first kappa shape index (κ1) is 21.9. The van der Waals surface area contributed by atoms with Gasteiger partial charge in [-0.3, -0.25) is 4.79 Å². The van der Waals surface area contributed by atoms with Gasteiger partial charge in [-0.05, 0) is 80.8 Å². The van der Waals surface area contributed by atoms with Crippen molar-refractivity contribution in [3.8, 4) is 17.6 Å². The number of likely N-dealkylation sites (tertiary alicyclic amines) is 1. The maximum Gasteiger partial charge on any atom is 0.253 e. The number of benzene rings is 2. The largest absolute Gasteiger partial charge is 0.497 e. The van der Waals surface area contributed by atoms with Crippen molar-refractivity contribution in [3.05, 3.63) is 65.2 Å². The van der Waals surface area contributed by atoms with E-state index in [1.165, 1.54) is 0 Å². The Balaban J connectivity index is 1.57. The quantitative estimate of drug-likeness (QED) is 0.724. The fourth-order valence-corrected chi connectivity index (χ4v) is 3.61. The highest BCUT2D eigenvalue weighted by atomic mass is 16.5. The van der Waals surface area contributed by atoms with E-state index in [0.717, 1.165) is 49.4 Å². The predicted octanol–water partition coefficient (Wildman–Crippen LogP) is 2.92. The lowest BCUT2D eigenvalue weighted by molar-refractivity contribution is 0.0670. The molecular weight excluding hydrogens is 376 g/mol. The smallest absolute Gasteiger partial charge is 0.253 e. The molecule has 0 bridgehead atoms. The number of rotatable bonds is 6. The molecule has 5 nitrogen and oxygen atoms in total. The number of piperidine rings is 1. The molecule has 158 valence electrons. The van der Waals surface area contributed by atoms with Crippen LogP contribution in [0.4, 0.5) is 0 Å². The van der Waals surface area contributed by atoms with Crippen LogP contribution in [0.25, 0.3) is 0 Å². The zero-order valence-electron chi connectivity index (χ0n) is 17.7. The molecule has 1 amide bonds. The molecule has 2 atom stereocenters. The van der Waals surface area contributed by atoms with Crippen LogP contribution in [0, 0.1) is 17.8 Å². The SMILES string of the molecule is COc1ccc(C#Cc2ccc(C(=O)N3CCCC(CNCC(C)O)C3)cc2)cc1. The molecule has 2 aromatic carbocycles. The fraction of sp³-hybridized carbons (Fsp3) is 0.400. The van der Waals surface area contributed by atoms with E-state index in [4.69, 9.17) is 4.74 Å². The van der Waals surface area contributed by atoms with Gasteiger partial charge in [0.15, 0.2) is 0 Å². The fourth-order valence-electron chi connectivity index (χ4n) is 3.61. The third-order valence-electron chi connectivity index (χ3n) is 5.25. The summed E-state index contributed by atoms with van der Waals surface area (Å²) in [6.45, 7) is 4.74. The summed E-state index contributed by atoms with van der Waals surface area (Å²) in [6, 6.07) is 15.1. The van der Waals surface area contributed by atoms with Crippen LogP contribution in [0.3, 0.4) is 0 Å². The van der Waals surface area contributed by atoms with E-state index in [1.807, 2.05) is 53.4 Å². The molecule has 2 aromatic rings. The van der Waals surface area contributed by atoms with Gasteiger partial charge in [-0.2, -0.15) is 0 Å². The summed E-state index contributed by atoms with van der Waals surface area (Å²) in [4.78, 5) is 14.8. The lowest BCUT2D eigenvalue weighted by Crippen LogP contribution is -2.43. The zero-order chi connectivity index (χ0) is 21.3. The number of aliphatic hydroxyl groups excluding tert-OH is 1. The maximum absolute atomic E-state index is 12.9.